The third-order valence-corrected chi connectivity index (χ3v) is 4.48. The molecule has 0 saturated carbocycles. The molecule has 0 aliphatic carbocycles. The number of aromatic nitrogens is 1. The second-order valence-corrected chi connectivity index (χ2v) is 6.36. The maximum absolute atomic E-state index is 12.4. The standard InChI is InChI=1S/C21H20N2O5/c1-13-16(23-21(28-13)15-5-3-4-6-17(15)25-2)10-20(24)22-11-14-7-8-18-19(9-14)27-12-26-18/h3-9H,10-12H2,1-2H3,(H,22,24). The summed E-state index contributed by atoms with van der Waals surface area (Å²) in [6, 6.07) is 13.1. The maximum atomic E-state index is 12.4. The van der Waals surface area contributed by atoms with Crippen molar-refractivity contribution in [2.24, 2.45) is 0 Å². The van der Waals surface area contributed by atoms with Crippen LogP contribution in [0.5, 0.6) is 17.2 Å². The van der Waals surface area contributed by atoms with Crippen molar-refractivity contribution in [3.8, 4) is 28.7 Å². The smallest absolute Gasteiger partial charge is 0.231 e. The molecule has 7 heteroatoms. The van der Waals surface area contributed by atoms with Crippen LogP contribution in [0.1, 0.15) is 17.0 Å². The molecule has 1 aromatic heterocycles. The van der Waals surface area contributed by atoms with Gasteiger partial charge < -0.3 is 23.9 Å². The number of carbonyl (C=O) groups is 1. The average molecular weight is 380 g/mol. The number of hydrogen-bond acceptors (Lipinski definition) is 6. The monoisotopic (exact) mass is 380 g/mol. The summed E-state index contributed by atoms with van der Waals surface area (Å²) in [7, 11) is 1.60. The third kappa shape index (κ3) is 3.64. The fourth-order valence-corrected chi connectivity index (χ4v) is 2.99. The van der Waals surface area contributed by atoms with E-state index >= 15 is 0 Å². The van der Waals surface area contributed by atoms with Gasteiger partial charge in [0.25, 0.3) is 0 Å². The van der Waals surface area contributed by atoms with Crippen LogP contribution in [0.15, 0.2) is 46.9 Å². The van der Waals surface area contributed by atoms with Crippen molar-refractivity contribution in [3.63, 3.8) is 0 Å². The number of para-hydroxylation sites is 1. The molecule has 144 valence electrons. The summed E-state index contributed by atoms with van der Waals surface area (Å²) < 4.78 is 21.7. The first-order valence-electron chi connectivity index (χ1n) is 8.89. The Kier molecular flexibility index (Phi) is 4.89. The normalized spacial score (nSPS) is 12.1. The van der Waals surface area contributed by atoms with Crippen LogP contribution >= 0.6 is 0 Å². The van der Waals surface area contributed by atoms with Crippen LogP contribution in [0.4, 0.5) is 0 Å². The molecule has 3 aromatic rings. The molecule has 1 N–H and O–H groups in total. The number of methoxy groups -OCH3 is 1. The molecule has 4 rings (SSSR count). The molecule has 7 nitrogen and oxygen atoms in total. The highest BCUT2D eigenvalue weighted by Gasteiger charge is 2.18. The second kappa shape index (κ2) is 7.64. The zero-order valence-electron chi connectivity index (χ0n) is 15.7. The number of rotatable bonds is 6. The summed E-state index contributed by atoms with van der Waals surface area (Å²) in [5.41, 5.74) is 2.29. The van der Waals surface area contributed by atoms with Crippen LogP contribution in [0.2, 0.25) is 0 Å². The summed E-state index contributed by atoms with van der Waals surface area (Å²) in [5.74, 6) is 2.99. The molecule has 28 heavy (non-hydrogen) atoms. The largest absolute Gasteiger partial charge is 0.496 e. The lowest BCUT2D eigenvalue weighted by molar-refractivity contribution is -0.120. The van der Waals surface area contributed by atoms with Crippen LogP contribution in [0.25, 0.3) is 11.5 Å². The SMILES string of the molecule is COc1ccccc1-c1nc(CC(=O)NCc2ccc3c(c2)OCO3)c(C)o1. The molecule has 1 amide bonds. The summed E-state index contributed by atoms with van der Waals surface area (Å²) in [6.07, 6.45) is 0.134. The molecule has 0 fully saturated rings. The number of hydrogen-bond donors (Lipinski definition) is 1. The van der Waals surface area contributed by atoms with Crippen molar-refractivity contribution in [3.05, 3.63) is 59.5 Å². The molecule has 2 aromatic carbocycles. The average Bonchev–Trinajstić information content (AvgIpc) is 3.32. The lowest BCUT2D eigenvalue weighted by Gasteiger charge is -2.05. The van der Waals surface area contributed by atoms with Crippen molar-refractivity contribution in [2.75, 3.05) is 13.9 Å². The molecule has 0 bridgehead atoms. The lowest BCUT2D eigenvalue weighted by Crippen LogP contribution is -2.24. The van der Waals surface area contributed by atoms with E-state index in [0.29, 0.717) is 35.4 Å². The van der Waals surface area contributed by atoms with Crippen LogP contribution < -0.4 is 19.5 Å². The topological polar surface area (TPSA) is 82.8 Å². The van der Waals surface area contributed by atoms with E-state index < -0.39 is 0 Å². The van der Waals surface area contributed by atoms with Gasteiger partial charge in [0.05, 0.1) is 24.8 Å². The first-order valence-corrected chi connectivity index (χ1v) is 8.89. The maximum Gasteiger partial charge on any atom is 0.231 e. The van der Waals surface area contributed by atoms with Crippen molar-refractivity contribution >= 4 is 5.91 Å². The Bertz CT molecular complexity index is 1010. The van der Waals surface area contributed by atoms with E-state index in [1.165, 1.54) is 0 Å². The van der Waals surface area contributed by atoms with Gasteiger partial charge in [-0.2, -0.15) is 0 Å². The highest BCUT2D eigenvalue weighted by Crippen LogP contribution is 2.32. The number of amides is 1. The highest BCUT2D eigenvalue weighted by molar-refractivity contribution is 5.78. The van der Waals surface area contributed by atoms with Crippen molar-refractivity contribution in [1.29, 1.82) is 0 Å². The van der Waals surface area contributed by atoms with Gasteiger partial charge in [0.1, 0.15) is 11.5 Å². The van der Waals surface area contributed by atoms with Crippen molar-refractivity contribution in [1.82, 2.24) is 10.3 Å². The zero-order valence-corrected chi connectivity index (χ0v) is 15.7. The fourth-order valence-electron chi connectivity index (χ4n) is 2.99. The Hall–Kier alpha value is -3.48. The first-order chi connectivity index (χ1) is 13.6. The minimum atomic E-state index is -0.138. The lowest BCUT2D eigenvalue weighted by atomic mass is 10.2. The summed E-state index contributed by atoms with van der Waals surface area (Å²) in [5, 5.41) is 2.90. The van der Waals surface area contributed by atoms with E-state index in [4.69, 9.17) is 18.6 Å². The Morgan fingerprint density at radius 2 is 2.00 bits per heavy atom. The highest BCUT2D eigenvalue weighted by atomic mass is 16.7. The molecule has 1 aliphatic rings. The molecule has 0 radical (unpaired) electrons. The molecule has 0 unspecified atom stereocenters. The van der Waals surface area contributed by atoms with Crippen molar-refractivity contribution in [2.45, 2.75) is 19.9 Å². The van der Waals surface area contributed by atoms with E-state index in [-0.39, 0.29) is 19.1 Å². The van der Waals surface area contributed by atoms with Crippen molar-refractivity contribution < 1.29 is 23.4 Å². The van der Waals surface area contributed by atoms with Crippen LogP contribution in [0.3, 0.4) is 0 Å². The Morgan fingerprint density at radius 1 is 1.18 bits per heavy atom. The van der Waals surface area contributed by atoms with Gasteiger partial charge in [0.2, 0.25) is 18.6 Å². The number of fused-ring (bicyclic) bond motifs is 1. The van der Waals surface area contributed by atoms with E-state index in [2.05, 4.69) is 10.3 Å². The van der Waals surface area contributed by atoms with Crippen LogP contribution in [-0.2, 0) is 17.8 Å². The Balaban J connectivity index is 1.41. The molecule has 0 spiro atoms. The van der Waals surface area contributed by atoms with Gasteiger partial charge in [-0.05, 0) is 36.8 Å². The summed E-state index contributed by atoms with van der Waals surface area (Å²) >= 11 is 0. The molecular formula is C21H20N2O5. The molecule has 0 atom stereocenters. The number of aryl methyl sites for hydroxylation is 1. The van der Waals surface area contributed by atoms with E-state index in [9.17, 15) is 4.79 Å². The Labute approximate surface area is 162 Å². The van der Waals surface area contributed by atoms with Gasteiger partial charge in [-0.25, -0.2) is 4.98 Å². The zero-order chi connectivity index (χ0) is 19.5. The van der Waals surface area contributed by atoms with Gasteiger partial charge >= 0.3 is 0 Å². The first kappa shape index (κ1) is 17.9. The molecule has 2 heterocycles. The number of oxazole rings is 1. The fraction of sp³-hybridized carbons (Fsp3) is 0.238. The number of carbonyl (C=O) groups excluding carboxylic acids is 1. The minimum absolute atomic E-state index is 0.134. The Morgan fingerprint density at radius 3 is 2.86 bits per heavy atom. The molecular weight excluding hydrogens is 360 g/mol. The second-order valence-electron chi connectivity index (χ2n) is 6.36. The van der Waals surface area contributed by atoms with Gasteiger partial charge in [0.15, 0.2) is 11.5 Å². The minimum Gasteiger partial charge on any atom is -0.496 e. The number of nitrogens with one attached hydrogen (secondary N) is 1. The quantitative estimate of drug-likeness (QED) is 0.707. The molecule has 0 saturated heterocycles. The van der Waals surface area contributed by atoms with Crippen LogP contribution in [0, 0.1) is 6.92 Å². The van der Waals surface area contributed by atoms with Gasteiger partial charge in [-0.1, -0.05) is 18.2 Å². The molecule has 1 aliphatic heterocycles. The summed E-state index contributed by atoms with van der Waals surface area (Å²) in [4.78, 5) is 16.9. The predicted octanol–water partition coefficient (Wildman–Crippen LogP) is 3.25. The number of benzene rings is 2. The van der Waals surface area contributed by atoms with Gasteiger partial charge in [-0.3, -0.25) is 4.79 Å². The van der Waals surface area contributed by atoms with Crippen LogP contribution in [-0.4, -0.2) is 24.8 Å². The number of nitrogens with zero attached hydrogens (tertiary/aromatic N) is 1. The van der Waals surface area contributed by atoms with Gasteiger partial charge in [0, 0.05) is 6.54 Å². The van der Waals surface area contributed by atoms with E-state index in [1.54, 1.807) is 14.0 Å². The third-order valence-electron chi connectivity index (χ3n) is 4.48. The summed E-state index contributed by atoms with van der Waals surface area (Å²) in [6.45, 7) is 2.42. The van der Waals surface area contributed by atoms with Gasteiger partial charge in [-0.15, -0.1) is 0 Å². The number of ether oxygens (including phenoxy) is 3. The van der Waals surface area contributed by atoms with E-state index in [0.717, 1.165) is 16.9 Å². The van der Waals surface area contributed by atoms with E-state index in [1.807, 2.05) is 42.5 Å². The predicted molar refractivity (Wildman–Crippen MR) is 101 cm³/mol.